The lowest BCUT2D eigenvalue weighted by Gasteiger charge is -2.36. The van der Waals surface area contributed by atoms with Gasteiger partial charge >= 0.3 is 0 Å². The van der Waals surface area contributed by atoms with Crippen molar-refractivity contribution in [3.63, 3.8) is 0 Å². The van der Waals surface area contributed by atoms with Crippen LogP contribution in [0.5, 0.6) is 5.75 Å². The fourth-order valence-electron chi connectivity index (χ4n) is 4.29. The molecule has 184 valence electrons. The predicted octanol–water partition coefficient (Wildman–Crippen LogP) is 9.14. The van der Waals surface area contributed by atoms with Crippen molar-refractivity contribution >= 4 is 0 Å². The SMILES string of the molecule is CC(OCCCCc1ccc(C(C)C)cc1)Oc1ccc(C(CC(C)(C)C)C(C)(C)C)cc1. The first-order chi connectivity index (χ1) is 15.3. The molecule has 0 N–H and O–H groups in total. The van der Waals surface area contributed by atoms with Crippen LogP contribution in [-0.4, -0.2) is 12.9 Å². The van der Waals surface area contributed by atoms with E-state index in [-0.39, 0.29) is 11.7 Å². The Morgan fingerprint density at radius 2 is 1.30 bits per heavy atom. The van der Waals surface area contributed by atoms with Gasteiger partial charge in [0.15, 0.2) is 6.29 Å². The molecule has 2 unspecified atom stereocenters. The standard InChI is InChI=1S/C31H48O2/c1-23(2)26-15-13-25(14-16-26)12-10-11-21-32-24(3)33-28-19-17-27(18-20-28)29(31(7,8)9)22-30(4,5)6/h13-20,23-24,29H,10-12,21-22H2,1-9H3. The van der Waals surface area contributed by atoms with Crippen molar-refractivity contribution in [1.82, 2.24) is 0 Å². The van der Waals surface area contributed by atoms with E-state index in [0.29, 0.717) is 17.3 Å². The van der Waals surface area contributed by atoms with E-state index in [2.05, 4.69) is 104 Å². The number of aryl methyl sites for hydroxylation is 1. The lowest BCUT2D eigenvalue weighted by Crippen LogP contribution is -2.23. The smallest absolute Gasteiger partial charge is 0.196 e. The molecule has 0 aliphatic heterocycles. The third kappa shape index (κ3) is 9.92. The van der Waals surface area contributed by atoms with Crippen LogP contribution in [0.1, 0.15) is 110 Å². The highest BCUT2D eigenvalue weighted by molar-refractivity contribution is 5.30. The van der Waals surface area contributed by atoms with E-state index in [1.165, 1.54) is 16.7 Å². The van der Waals surface area contributed by atoms with Crippen molar-refractivity contribution in [3.05, 3.63) is 65.2 Å². The molecule has 0 aliphatic carbocycles. The van der Waals surface area contributed by atoms with Crippen LogP contribution in [0.4, 0.5) is 0 Å². The lowest BCUT2D eigenvalue weighted by molar-refractivity contribution is -0.0676. The second kappa shape index (κ2) is 12.1. The molecule has 2 atom stereocenters. The molecule has 2 heteroatoms. The summed E-state index contributed by atoms with van der Waals surface area (Å²) in [5.74, 6) is 1.98. The Morgan fingerprint density at radius 1 is 0.727 bits per heavy atom. The zero-order valence-corrected chi connectivity index (χ0v) is 22.7. The summed E-state index contributed by atoms with van der Waals surface area (Å²) in [5.41, 5.74) is 4.73. The molecule has 2 rings (SSSR count). The molecule has 2 aromatic carbocycles. The summed E-state index contributed by atoms with van der Waals surface area (Å²) in [4.78, 5) is 0. The van der Waals surface area contributed by atoms with Gasteiger partial charge in [0.05, 0.1) is 6.61 Å². The van der Waals surface area contributed by atoms with Crippen molar-refractivity contribution in [2.75, 3.05) is 6.61 Å². The van der Waals surface area contributed by atoms with Gasteiger partial charge in [-0.05, 0) is 84.1 Å². The van der Waals surface area contributed by atoms with Gasteiger partial charge in [0.2, 0.25) is 0 Å². The lowest BCUT2D eigenvalue weighted by atomic mass is 9.69. The molecule has 2 aromatic rings. The third-order valence-corrected chi connectivity index (χ3v) is 6.31. The summed E-state index contributed by atoms with van der Waals surface area (Å²) in [6.07, 6.45) is 4.19. The van der Waals surface area contributed by atoms with E-state index < -0.39 is 0 Å². The first-order valence-electron chi connectivity index (χ1n) is 12.8. The second-order valence-corrected chi connectivity index (χ2v) is 12.2. The van der Waals surface area contributed by atoms with Gasteiger partial charge in [0.25, 0.3) is 0 Å². The van der Waals surface area contributed by atoms with Gasteiger partial charge in [0.1, 0.15) is 5.75 Å². The fourth-order valence-corrected chi connectivity index (χ4v) is 4.29. The molecule has 2 nitrogen and oxygen atoms in total. The van der Waals surface area contributed by atoms with Crippen molar-refractivity contribution in [1.29, 1.82) is 0 Å². The van der Waals surface area contributed by atoms with Crippen LogP contribution >= 0.6 is 0 Å². The maximum Gasteiger partial charge on any atom is 0.196 e. The van der Waals surface area contributed by atoms with E-state index >= 15 is 0 Å². The van der Waals surface area contributed by atoms with Crippen LogP contribution in [0.2, 0.25) is 0 Å². The van der Waals surface area contributed by atoms with E-state index in [4.69, 9.17) is 9.47 Å². The largest absolute Gasteiger partial charge is 0.465 e. The Hall–Kier alpha value is -1.80. The molecule has 0 amide bonds. The number of ether oxygens (including phenoxy) is 2. The molecule has 0 spiro atoms. The Bertz CT molecular complexity index is 804. The van der Waals surface area contributed by atoms with Crippen molar-refractivity contribution in [2.45, 2.75) is 106 Å². The molecule has 0 fully saturated rings. The highest BCUT2D eigenvalue weighted by Crippen LogP contribution is 2.43. The van der Waals surface area contributed by atoms with Crippen LogP contribution in [0.15, 0.2) is 48.5 Å². The zero-order valence-electron chi connectivity index (χ0n) is 22.7. The molecule has 0 aromatic heterocycles. The van der Waals surface area contributed by atoms with Crippen LogP contribution in [0.3, 0.4) is 0 Å². The number of unbranched alkanes of at least 4 members (excludes halogenated alkanes) is 1. The molecule has 0 saturated carbocycles. The Labute approximate surface area is 204 Å². The van der Waals surface area contributed by atoms with Crippen LogP contribution in [0, 0.1) is 10.8 Å². The molecule has 0 radical (unpaired) electrons. The number of hydrogen-bond donors (Lipinski definition) is 0. The average molecular weight is 453 g/mol. The van der Waals surface area contributed by atoms with Gasteiger partial charge in [-0.25, -0.2) is 0 Å². The first-order valence-corrected chi connectivity index (χ1v) is 12.8. The Balaban J connectivity index is 1.76. The molecular weight excluding hydrogens is 404 g/mol. The van der Waals surface area contributed by atoms with Gasteiger partial charge in [0, 0.05) is 0 Å². The van der Waals surface area contributed by atoms with Crippen molar-refractivity contribution in [3.8, 4) is 5.75 Å². The summed E-state index contributed by atoms with van der Waals surface area (Å²) < 4.78 is 11.9. The summed E-state index contributed by atoms with van der Waals surface area (Å²) in [6.45, 7) is 21.2. The van der Waals surface area contributed by atoms with Gasteiger partial charge in [-0.2, -0.15) is 0 Å². The Morgan fingerprint density at radius 3 is 1.82 bits per heavy atom. The molecular formula is C31H48O2. The summed E-state index contributed by atoms with van der Waals surface area (Å²) in [5, 5.41) is 0. The fraction of sp³-hybridized carbons (Fsp3) is 0.613. The van der Waals surface area contributed by atoms with Crippen LogP contribution < -0.4 is 4.74 Å². The van der Waals surface area contributed by atoms with E-state index in [0.717, 1.165) is 38.0 Å². The number of benzene rings is 2. The molecule has 0 bridgehead atoms. The summed E-state index contributed by atoms with van der Waals surface area (Å²) >= 11 is 0. The minimum Gasteiger partial charge on any atom is -0.465 e. The van der Waals surface area contributed by atoms with Crippen molar-refractivity contribution < 1.29 is 9.47 Å². The predicted molar refractivity (Wildman–Crippen MR) is 142 cm³/mol. The van der Waals surface area contributed by atoms with Gasteiger partial charge in [-0.15, -0.1) is 0 Å². The molecule has 0 saturated heterocycles. The van der Waals surface area contributed by atoms with Gasteiger partial charge in [-0.1, -0.05) is 91.8 Å². The van der Waals surface area contributed by atoms with Gasteiger partial charge in [-0.3, -0.25) is 0 Å². The third-order valence-electron chi connectivity index (χ3n) is 6.31. The number of rotatable bonds is 11. The monoisotopic (exact) mass is 452 g/mol. The highest BCUT2D eigenvalue weighted by atomic mass is 16.7. The van der Waals surface area contributed by atoms with Crippen LogP contribution in [0.25, 0.3) is 0 Å². The highest BCUT2D eigenvalue weighted by Gasteiger charge is 2.30. The molecule has 0 heterocycles. The first kappa shape index (κ1) is 27.4. The Kier molecular flexibility index (Phi) is 10.0. The molecule has 0 aliphatic rings. The minimum atomic E-state index is -0.242. The molecule has 33 heavy (non-hydrogen) atoms. The summed E-state index contributed by atoms with van der Waals surface area (Å²) in [7, 11) is 0. The normalized spacial score (nSPS) is 14.4. The maximum absolute atomic E-state index is 6.01. The zero-order chi connectivity index (χ0) is 24.6. The summed E-state index contributed by atoms with van der Waals surface area (Å²) in [6, 6.07) is 17.7. The maximum atomic E-state index is 6.01. The minimum absolute atomic E-state index is 0.225. The van der Waals surface area contributed by atoms with E-state index in [1.54, 1.807) is 0 Å². The van der Waals surface area contributed by atoms with E-state index in [9.17, 15) is 0 Å². The van der Waals surface area contributed by atoms with Crippen LogP contribution in [-0.2, 0) is 11.2 Å². The second-order valence-electron chi connectivity index (χ2n) is 12.2. The topological polar surface area (TPSA) is 18.5 Å². The average Bonchev–Trinajstić information content (AvgIpc) is 2.71. The quantitative estimate of drug-likeness (QED) is 0.250. The van der Waals surface area contributed by atoms with E-state index in [1.807, 2.05) is 6.92 Å². The van der Waals surface area contributed by atoms with Gasteiger partial charge < -0.3 is 9.47 Å². The number of hydrogen-bond acceptors (Lipinski definition) is 2. The van der Waals surface area contributed by atoms with Crippen molar-refractivity contribution in [2.24, 2.45) is 10.8 Å².